The van der Waals surface area contributed by atoms with Gasteiger partial charge in [-0.1, -0.05) is 0 Å². The number of hydrogen-bond acceptors (Lipinski definition) is 5. The monoisotopic (exact) mass is 304 g/mol. The Bertz CT molecular complexity index is 370. The Labute approximate surface area is 124 Å². The Morgan fingerprint density at radius 1 is 1.19 bits per heavy atom. The average molecular weight is 304 g/mol. The lowest BCUT2D eigenvalue weighted by Gasteiger charge is -2.29. The molecule has 0 radical (unpaired) electrons. The van der Waals surface area contributed by atoms with Crippen molar-refractivity contribution in [1.29, 1.82) is 0 Å². The highest BCUT2D eigenvalue weighted by atomic mass is 16.5. The smallest absolute Gasteiger partial charge is 0.317 e. The number of carboxylic acid groups (broad SMARTS) is 1. The highest BCUT2D eigenvalue weighted by molar-refractivity contribution is 5.77. The first-order chi connectivity index (χ1) is 9.71. The summed E-state index contributed by atoms with van der Waals surface area (Å²) >= 11 is 0. The molecule has 2 amide bonds. The Balaban J connectivity index is 4.62. The lowest BCUT2D eigenvalue weighted by atomic mass is 10.0. The Kier molecular flexibility index (Phi) is 8.37. The van der Waals surface area contributed by atoms with Crippen molar-refractivity contribution in [3.8, 4) is 0 Å². The van der Waals surface area contributed by atoms with Gasteiger partial charge in [0.15, 0.2) is 0 Å². The third kappa shape index (κ3) is 8.85. The summed E-state index contributed by atoms with van der Waals surface area (Å²) in [5.41, 5.74) is -0.889. The van der Waals surface area contributed by atoms with E-state index in [0.717, 1.165) is 0 Å². The van der Waals surface area contributed by atoms with Gasteiger partial charge in [-0.2, -0.15) is 0 Å². The second-order valence-corrected chi connectivity index (χ2v) is 5.19. The van der Waals surface area contributed by atoms with Crippen LogP contribution in [0, 0.1) is 0 Å². The fourth-order valence-corrected chi connectivity index (χ4v) is 1.64. The van der Waals surface area contributed by atoms with Crippen LogP contribution < -0.4 is 5.32 Å². The van der Waals surface area contributed by atoms with E-state index in [2.05, 4.69) is 10.1 Å². The minimum atomic E-state index is -1.00. The van der Waals surface area contributed by atoms with E-state index in [1.807, 2.05) is 0 Å². The standard InChI is InChI=1S/C13H24N2O6/c1-13(2,9-10(16)17)14-12(19)15(7-8-20-3)6-5-11(18)21-4/h5-9H2,1-4H3,(H,14,19)(H,16,17). The maximum absolute atomic E-state index is 12.2. The molecule has 0 spiro atoms. The fraction of sp³-hybridized carbons (Fsp3) is 0.769. The quantitative estimate of drug-likeness (QED) is 0.600. The number of aliphatic carboxylic acids is 1. The zero-order chi connectivity index (χ0) is 16.5. The molecule has 0 aliphatic rings. The molecule has 0 aromatic heterocycles. The molecule has 0 bridgehead atoms. The van der Waals surface area contributed by atoms with Crippen LogP contribution in [-0.4, -0.2) is 67.4 Å². The fourth-order valence-electron chi connectivity index (χ4n) is 1.64. The van der Waals surface area contributed by atoms with Gasteiger partial charge < -0.3 is 24.8 Å². The van der Waals surface area contributed by atoms with E-state index >= 15 is 0 Å². The Hall–Kier alpha value is -1.83. The number of urea groups is 1. The molecule has 0 atom stereocenters. The molecule has 0 aliphatic carbocycles. The number of carboxylic acids is 1. The first-order valence-corrected chi connectivity index (χ1v) is 6.56. The maximum atomic E-state index is 12.2. The van der Waals surface area contributed by atoms with E-state index in [1.165, 1.54) is 19.1 Å². The lowest BCUT2D eigenvalue weighted by Crippen LogP contribution is -2.52. The van der Waals surface area contributed by atoms with Crippen molar-refractivity contribution >= 4 is 18.0 Å². The zero-order valence-corrected chi connectivity index (χ0v) is 13.0. The van der Waals surface area contributed by atoms with Crippen molar-refractivity contribution in [3.05, 3.63) is 0 Å². The average Bonchev–Trinajstić information content (AvgIpc) is 2.35. The van der Waals surface area contributed by atoms with Gasteiger partial charge in [0.25, 0.3) is 0 Å². The van der Waals surface area contributed by atoms with Crippen LogP contribution in [0.3, 0.4) is 0 Å². The topological polar surface area (TPSA) is 105 Å². The van der Waals surface area contributed by atoms with Crippen molar-refractivity contribution in [2.24, 2.45) is 0 Å². The number of carbonyl (C=O) groups excluding carboxylic acids is 2. The molecule has 0 heterocycles. The van der Waals surface area contributed by atoms with Gasteiger partial charge in [-0.05, 0) is 13.8 Å². The largest absolute Gasteiger partial charge is 0.481 e. The Morgan fingerprint density at radius 2 is 1.81 bits per heavy atom. The molecule has 0 fully saturated rings. The minimum absolute atomic E-state index is 0.0625. The van der Waals surface area contributed by atoms with Crippen molar-refractivity contribution in [2.75, 3.05) is 33.9 Å². The summed E-state index contributed by atoms with van der Waals surface area (Å²) in [4.78, 5) is 35.5. The molecular weight excluding hydrogens is 280 g/mol. The van der Waals surface area contributed by atoms with Gasteiger partial charge in [-0.15, -0.1) is 0 Å². The molecule has 0 rings (SSSR count). The van der Waals surface area contributed by atoms with Gasteiger partial charge in [0.1, 0.15) is 0 Å². The van der Waals surface area contributed by atoms with Crippen LogP contribution in [0.5, 0.6) is 0 Å². The molecule has 0 aliphatic heterocycles. The molecule has 0 saturated carbocycles. The summed E-state index contributed by atoms with van der Waals surface area (Å²) < 4.78 is 9.45. The molecule has 8 nitrogen and oxygen atoms in total. The van der Waals surface area contributed by atoms with Crippen LogP contribution in [0.1, 0.15) is 26.7 Å². The Morgan fingerprint density at radius 3 is 2.29 bits per heavy atom. The highest BCUT2D eigenvalue weighted by Gasteiger charge is 2.26. The van der Waals surface area contributed by atoms with Crippen LogP contribution in [0.25, 0.3) is 0 Å². The van der Waals surface area contributed by atoms with Crippen molar-refractivity contribution in [2.45, 2.75) is 32.2 Å². The van der Waals surface area contributed by atoms with Gasteiger partial charge in [0, 0.05) is 25.7 Å². The van der Waals surface area contributed by atoms with Crippen LogP contribution in [-0.2, 0) is 19.1 Å². The van der Waals surface area contributed by atoms with Gasteiger partial charge in [-0.25, -0.2) is 4.79 Å². The summed E-state index contributed by atoms with van der Waals surface area (Å²) in [6.45, 7) is 4.02. The van der Waals surface area contributed by atoms with Gasteiger partial charge in [0.05, 0.1) is 26.6 Å². The molecule has 21 heavy (non-hydrogen) atoms. The van der Waals surface area contributed by atoms with Crippen LogP contribution in [0.2, 0.25) is 0 Å². The number of esters is 1. The van der Waals surface area contributed by atoms with Crippen LogP contribution in [0.4, 0.5) is 4.79 Å². The molecule has 0 unspecified atom stereocenters. The second-order valence-electron chi connectivity index (χ2n) is 5.19. The number of nitrogens with zero attached hydrogens (tertiary/aromatic N) is 1. The number of hydrogen-bond donors (Lipinski definition) is 2. The third-order valence-corrected chi connectivity index (χ3v) is 2.70. The van der Waals surface area contributed by atoms with E-state index in [9.17, 15) is 14.4 Å². The predicted molar refractivity (Wildman–Crippen MR) is 74.9 cm³/mol. The molecule has 122 valence electrons. The van der Waals surface area contributed by atoms with Gasteiger partial charge in [0.2, 0.25) is 0 Å². The number of ether oxygens (including phenoxy) is 2. The van der Waals surface area contributed by atoms with E-state index in [1.54, 1.807) is 13.8 Å². The number of rotatable bonds is 9. The molecular formula is C13H24N2O6. The normalized spacial score (nSPS) is 10.9. The summed E-state index contributed by atoms with van der Waals surface area (Å²) in [5, 5.41) is 11.4. The number of nitrogens with one attached hydrogen (secondary N) is 1. The first kappa shape index (κ1) is 19.2. The third-order valence-electron chi connectivity index (χ3n) is 2.70. The summed E-state index contributed by atoms with van der Waals surface area (Å²) in [5.74, 6) is -1.42. The predicted octanol–water partition coefficient (Wildman–Crippen LogP) is 0.461. The van der Waals surface area contributed by atoms with Crippen molar-refractivity contribution in [1.82, 2.24) is 10.2 Å². The van der Waals surface area contributed by atoms with E-state index in [4.69, 9.17) is 9.84 Å². The first-order valence-electron chi connectivity index (χ1n) is 6.56. The second kappa shape index (κ2) is 9.17. The van der Waals surface area contributed by atoms with Crippen molar-refractivity contribution in [3.63, 3.8) is 0 Å². The van der Waals surface area contributed by atoms with Crippen LogP contribution in [0.15, 0.2) is 0 Å². The van der Waals surface area contributed by atoms with Crippen LogP contribution >= 0.6 is 0 Å². The number of amides is 2. The van der Waals surface area contributed by atoms with E-state index < -0.39 is 23.5 Å². The van der Waals surface area contributed by atoms with E-state index in [0.29, 0.717) is 13.2 Å². The molecule has 2 N–H and O–H groups in total. The molecule has 0 aromatic carbocycles. The minimum Gasteiger partial charge on any atom is -0.481 e. The van der Waals surface area contributed by atoms with Gasteiger partial charge in [-0.3, -0.25) is 9.59 Å². The maximum Gasteiger partial charge on any atom is 0.317 e. The number of carbonyl (C=O) groups is 3. The summed E-state index contributed by atoms with van der Waals surface area (Å²) in [6.07, 6.45) is -0.138. The highest BCUT2D eigenvalue weighted by Crippen LogP contribution is 2.09. The molecule has 0 saturated heterocycles. The lowest BCUT2D eigenvalue weighted by molar-refractivity contribution is -0.141. The summed E-state index contributed by atoms with van der Waals surface area (Å²) in [6, 6.07) is -0.442. The summed E-state index contributed by atoms with van der Waals surface area (Å²) in [7, 11) is 2.78. The van der Waals surface area contributed by atoms with Crippen molar-refractivity contribution < 1.29 is 29.0 Å². The van der Waals surface area contributed by atoms with E-state index in [-0.39, 0.29) is 19.4 Å². The molecule has 0 aromatic rings. The molecule has 8 heteroatoms. The SMILES string of the molecule is COCCN(CCC(=O)OC)C(=O)NC(C)(C)CC(=O)O. The zero-order valence-electron chi connectivity index (χ0n) is 13.0. The van der Waals surface area contributed by atoms with Gasteiger partial charge >= 0.3 is 18.0 Å². The number of methoxy groups -OCH3 is 2.